The van der Waals surface area contributed by atoms with Crippen LogP contribution in [0.4, 0.5) is 0 Å². The molecule has 0 aromatic heterocycles. The van der Waals surface area contributed by atoms with Crippen molar-refractivity contribution in [1.82, 2.24) is 4.90 Å². The van der Waals surface area contributed by atoms with Crippen LogP contribution in [0.15, 0.2) is 30.3 Å². The smallest absolute Gasteiger partial charge is 0.374 e. The summed E-state index contributed by atoms with van der Waals surface area (Å²) in [6, 6.07) is 11.4. The third-order valence-corrected chi connectivity index (χ3v) is 6.90. The summed E-state index contributed by atoms with van der Waals surface area (Å²) < 4.78 is 17.8. The predicted molar refractivity (Wildman–Crippen MR) is 101 cm³/mol. The van der Waals surface area contributed by atoms with Gasteiger partial charge in [0.25, 0.3) is 0 Å². The van der Waals surface area contributed by atoms with Crippen LogP contribution in [-0.4, -0.2) is 53.2 Å². The van der Waals surface area contributed by atoms with E-state index in [0.717, 1.165) is 32.1 Å². The van der Waals surface area contributed by atoms with Crippen LogP contribution in [0.3, 0.4) is 0 Å². The molecule has 0 aliphatic rings. The lowest BCUT2D eigenvalue weighted by molar-refractivity contribution is 0.0698. The summed E-state index contributed by atoms with van der Waals surface area (Å²) >= 11 is 0. The fourth-order valence-electron chi connectivity index (χ4n) is 2.81. The molecular formula is C18H34N2O3Si. The van der Waals surface area contributed by atoms with Gasteiger partial charge in [0.1, 0.15) is 0 Å². The highest BCUT2D eigenvalue weighted by Gasteiger charge is 2.39. The SMILES string of the molecule is CCO[Si](CCCN(CCN)Cc1ccccc1)(OCC)OCC. The maximum atomic E-state index is 5.92. The Kier molecular flexibility index (Phi) is 11.2. The summed E-state index contributed by atoms with van der Waals surface area (Å²) in [6.07, 6.45) is 0.985. The first-order valence-electron chi connectivity index (χ1n) is 9.07. The van der Waals surface area contributed by atoms with Gasteiger partial charge in [0.05, 0.1) is 0 Å². The van der Waals surface area contributed by atoms with Gasteiger partial charge in [-0.2, -0.15) is 0 Å². The van der Waals surface area contributed by atoms with E-state index in [9.17, 15) is 0 Å². The first-order valence-corrected chi connectivity index (χ1v) is 11.0. The van der Waals surface area contributed by atoms with Crippen molar-refractivity contribution in [3.8, 4) is 0 Å². The minimum Gasteiger partial charge on any atom is -0.374 e. The van der Waals surface area contributed by atoms with Crippen LogP contribution >= 0.6 is 0 Å². The maximum absolute atomic E-state index is 5.92. The van der Waals surface area contributed by atoms with Crippen LogP contribution in [0.1, 0.15) is 32.8 Å². The molecule has 0 fully saturated rings. The fraction of sp³-hybridized carbons (Fsp3) is 0.667. The molecule has 0 heterocycles. The quantitative estimate of drug-likeness (QED) is 0.521. The molecule has 0 aliphatic heterocycles. The molecule has 24 heavy (non-hydrogen) atoms. The highest BCUT2D eigenvalue weighted by atomic mass is 28.4. The van der Waals surface area contributed by atoms with Crippen LogP contribution in [0, 0.1) is 0 Å². The molecule has 6 heteroatoms. The van der Waals surface area contributed by atoms with Crippen LogP contribution < -0.4 is 5.73 Å². The molecule has 0 aliphatic carbocycles. The Morgan fingerprint density at radius 2 is 1.50 bits per heavy atom. The second kappa shape index (κ2) is 12.6. The Bertz CT molecular complexity index is 403. The molecule has 0 radical (unpaired) electrons. The van der Waals surface area contributed by atoms with E-state index in [0.29, 0.717) is 26.4 Å². The van der Waals surface area contributed by atoms with Gasteiger partial charge in [0.15, 0.2) is 0 Å². The fourth-order valence-corrected chi connectivity index (χ4v) is 5.41. The Labute approximate surface area is 148 Å². The van der Waals surface area contributed by atoms with Gasteiger partial charge in [-0.15, -0.1) is 0 Å². The second-order valence-electron chi connectivity index (χ2n) is 5.64. The van der Waals surface area contributed by atoms with E-state index in [4.69, 9.17) is 19.0 Å². The van der Waals surface area contributed by atoms with Crippen molar-refractivity contribution in [3.63, 3.8) is 0 Å². The number of hydrogen-bond acceptors (Lipinski definition) is 5. The molecule has 1 aromatic rings. The lowest BCUT2D eigenvalue weighted by Crippen LogP contribution is -2.46. The van der Waals surface area contributed by atoms with E-state index in [-0.39, 0.29) is 0 Å². The van der Waals surface area contributed by atoms with Crippen LogP contribution in [-0.2, 0) is 19.8 Å². The molecule has 0 atom stereocenters. The van der Waals surface area contributed by atoms with Gasteiger partial charge in [0.2, 0.25) is 0 Å². The highest BCUT2D eigenvalue weighted by Crippen LogP contribution is 2.19. The lowest BCUT2D eigenvalue weighted by atomic mass is 10.2. The zero-order valence-electron chi connectivity index (χ0n) is 15.5. The predicted octanol–water partition coefficient (Wildman–Crippen LogP) is 2.89. The first kappa shape index (κ1) is 21.3. The molecule has 0 saturated carbocycles. The molecule has 0 amide bonds. The van der Waals surface area contributed by atoms with Crippen LogP contribution in [0.2, 0.25) is 6.04 Å². The van der Waals surface area contributed by atoms with Gasteiger partial charge >= 0.3 is 8.80 Å². The molecule has 138 valence electrons. The van der Waals surface area contributed by atoms with Crippen LogP contribution in [0.5, 0.6) is 0 Å². The highest BCUT2D eigenvalue weighted by molar-refractivity contribution is 6.60. The summed E-state index contributed by atoms with van der Waals surface area (Å²) in [7, 11) is -2.54. The first-order chi connectivity index (χ1) is 11.7. The average molecular weight is 355 g/mol. The number of nitrogens with two attached hydrogens (primary N) is 1. The normalized spacial score (nSPS) is 12.0. The molecule has 0 saturated heterocycles. The van der Waals surface area contributed by atoms with Crippen molar-refractivity contribution in [1.29, 1.82) is 0 Å². The van der Waals surface area contributed by atoms with Gasteiger partial charge in [-0.05, 0) is 39.3 Å². The summed E-state index contributed by atoms with van der Waals surface area (Å²) in [4.78, 5) is 2.39. The van der Waals surface area contributed by atoms with Gasteiger partial charge in [0, 0.05) is 45.5 Å². The average Bonchev–Trinajstić information content (AvgIpc) is 2.57. The van der Waals surface area contributed by atoms with Crippen LogP contribution in [0.25, 0.3) is 0 Å². The molecule has 1 aromatic carbocycles. The van der Waals surface area contributed by atoms with E-state index in [2.05, 4.69) is 29.2 Å². The van der Waals surface area contributed by atoms with Gasteiger partial charge < -0.3 is 19.0 Å². The van der Waals surface area contributed by atoms with E-state index in [1.54, 1.807) is 0 Å². The van der Waals surface area contributed by atoms with Crippen molar-refractivity contribution in [2.24, 2.45) is 5.73 Å². The summed E-state index contributed by atoms with van der Waals surface area (Å²) in [5.74, 6) is 0. The molecule has 0 bridgehead atoms. The van der Waals surface area contributed by atoms with Crippen molar-refractivity contribution in [3.05, 3.63) is 35.9 Å². The molecule has 1 rings (SSSR count). The number of rotatable bonds is 14. The Balaban J connectivity index is 2.57. The monoisotopic (exact) mass is 354 g/mol. The molecular weight excluding hydrogens is 320 g/mol. The summed E-state index contributed by atoms with van der Waals surface area (Å²) in [5, 5.41) is 0. The van der Waals surface area contributed by atoms with Crippen molar-refractivity contribution >= 4 is 8.80 Å². The Morgan fingerprint density at radius 1 is 0.917 bits per heavy atom. The number of nitrogens with zero attached hydrogens (tertiary/aromatic N) is 1. The molecule has 5 nitrogen and oxygen atoms in total. The zero-order valence-corrected chi connectivity index (χ0v) is 16.5. The van der Waals surface area contributed by atoms with E-state index >= 15 is 0 Å². The number of hydrogen-bond donors (Lipinski definition) is 1. The number of benzene rings is 1. The largest absolute Gasteiger partial charge is 0.500 e. The van der Waals surface area contributed by atoms with E-state index < -0.39 is 8.80 Å². The van der Waals surface area contributed by atoms with Gasteiger partial charge in [-0.25, -0.2) is 0 Å². The second-order valence-corrected chi connectivity index (χ2v) is 8.37. The molecule has 0 unspecified atom stereocenters. The third kappa shape index (κ3) is 7.87. The van der Waals surface area contributed by atoms with E-state index in [1.165, 1.54) is 5.56 Å². The summed E-state index contributed by atoms with van der Waals surface area (Å²) in [5.41, 5.74) is 7.09. The summed E-state index contributed by atoms with van der Waals surface area (Å²) in [6.45, 7) is 11.3. The maximum Gasteiger partial charge on any atom is 0.500 e. The van der Waals surface area contributed by atoms with Crippen molar-refractivity contribution in [2.75, 3.05) is 39.5 Å². The minimum atomic E-state index is -2.54. The molecule has 2 N–H and O–H groups in total. The van der Waals surface area contributed by atoms with E-state index in [1.807, 2.05) is 26.8 Å². The van der Waals surface area contributed by atoms with Gasteiger partial charge in [-0.3, -0.25) is 4.90 Å². The Morgan fingerprint density at radius 3 is 2.00 bits per heavy atom. The molecule has 0 spiro atoms. The zero-order chi connectivity index (χ0) is 17.7. The third-order valence-electron chi connectivity index (χ3n) is 3.74. The Hall–Kier alpha value is -0.763. The van der Waals surface area contributed by atoms with Gasteiger partial charge in [-0.1, -0.05) is 30.3 Å². The van der Waals surface area contributed by atoms with Crippen molar-refractivity contribution < 1.29 is 13.3 Å². The lowest BCUT2D eigenvalue weighted by Gasteiger charge is -2.29. The minimum absolute atomic E-state index is 0.628. The standard InChI is InChI=1S/C18H34N2O3Si/c1-4-21-24(22-5-2,23-6-3)16-10-14-20(15-13-19)17-18-11-8-7-9-12-18/h7-9,11-12H,4-6,10,13-17,19H2,1-3H3. The van der Waals surface area contributed by atoms with Crippen molar-refractivity contribution in [2.45, 2.75) is 39.8 Å². The topological polar surface area (TPSA) is 57.0 Å².